The molecule has 0 aliphatic carbocycles. The number of nitrogens with zero attached hydrogens (tertiary/aromatic N) is 5. The highest BCUT2D eigenvalue weighted by atomic mass is 16.4. The van der Waals surface area contributed by atoms with Crippen molar-refractivity contribution in [3.63, 3.8) is 0 Å². The largest absolute Gasteiger partial charge is 0.480 e. The summed E-state index contributed by atoms with van der Waals surface area (Å²) in [5.41, 5.74) is 17.0. The Kier molecular flexibility index (Phi) is 14.0. The SMILES string of the molecule is CCCCCNc1nc(N)nc2ccn(Cc3ccc(CN4CCN(C(=O)CCCC(=O)NCCCC[C@H](N)C(=O)O)CC4)cc3C)c12. The van der Waals surface area contributed by atoms with Crippen LogP contribution >= 0.6 is 0 Å². The third kappa shape index (κ3) is 10.9. The van der Waals surface area contributed by atoms with Crippen molar-refractivity contribution in [1.29, 1.82) is 0 Å². The molecule has 1 aromatic carbocycles. The topological polar surface area (TPSA) is 185 Å². The van der Waals surface area contributed by atoms with Crippen molar-refractivity contribution in [2.24, 2.45) is 5.73 Å². The van der Waals surface area contributed by atoms with Crippen LogP contribution in [0.2, 0.25) is 0 Å². The molecular formula is C35H53N9O4. The standard InChI is InChI=1S/C35H53N9O4/c1-3-4-6-16-39-33-32-29(40-35(37)41-33)14-17-44(32)24-27-13-12-26(22-25(27)2)23-42-18-20-43(21-19-42)31(46)11-8-10-30(45)38-15-7-5-9-28(36)34(47)48/h12-14,17,22,28H,3-11,15-16,18-21,23-24,36H2,1-2H3,(H,38,45)(H,47,48)(H3,37,39,40,41)/t28-/m0/s1. The minimum atomic E-state index is -1.01. The number of aliphatic carboxylic acids is 1. The highest BCUT2D eigenvalue weighted by Crippen LogP contribution is 2.25. The first-order valence-corrected chi connectivity index (χ1v) is 17.3. The number of carboxylic acids is 1. The van der Waals surface area contributed by atoms with Gasteiger partial charge in [0, 0.05) is 71.4 Å². The van der Waals surface area contributed by atoms with Crippen molar-refractivity contribution >= 4 is 40.6 Å². The number of carbonyl (C=O) groups excluding carboxylic acids is 2. The van der Waals surface area contributed by atoms with Gasteiger partial charge in [0.05, 0.1) is 5.52 Å². The number of rotatable bonds is 19. The molecule has 1 aliphatic rings. The summed E-state index contributed by atoms with van der Waals surface area (Å²) in [6, 6.07) is 7.78. The number of nitrogens with one attached hydrogen (secondary N) is 2. The third-order valence-corrected chi connectivity index (χ3v) is 8.96. The zero-order valence-corrected chi connectivity index (χ0v) is 28.5. The van der Waals surface area contributed by atoms with Crippen LogP contribution in [-0.2, 0) is 27.5 Å². The van der Waals surface area contributed by atoms with Crippen LogP contribution in [0.15, 0.2) is 30.5 Å². The van der Waals surface area contributed by atoms with E-state index in [4.69, 9.17) is 16.6 Å². The van der Waals surface area contributed by atoms with Crippen molar-refractivity contribution in [2.45, 2.75) is 90.8 Å². The summed E-state index contributed by atoms with van der Waals surface area (Å²) >= 11 is 0. The summed E-state index contributed by atoms with van der Waals surface area (Å²) in [7, 11) is 0. The van der Waals surface area contributed by atoms with Gasteiger partial charge in [-0.25, -0.2) is 4.98 Å². The molecular weight excluding hydrogens is 610 g/mol. The molecule has 3 aromatic rings. The normalized spacial score (nSPS) is 14.3. The molecule has 1 atom stereocenters. The Morgan fingerprint density at radius 2 is 1.73 bits per heavy atom. The summed E-state index contributed by atoms with van der Waals surface area (Å²) in [5, 5.41) is 15.1. The van der Waals surface area contributed by atoms with Crippen LogP contribution in [0.5, 0.6) is 0 Å². The molecule has 48 heavy (non-hydrogen) atoms. The van der Waals surface area contributed by atoms with Gasteiger partial charge in [-0.05, 0) is 61.8 Å². The second-order valence-corrected chi connectivity index (χ2v) is 12.8. The zero-order valence-electron chi connectivity index (χ0n) is 28.5. The number of aryl methyl sites for hydroxylation is 1. The lowest BCUT2D eigenvalue weighted by Gasteiger charge is -2.35. The highest BCUT2D eigenvalue weighted by Gasteiger charge is 2.21. The van der Waals surface area contributed by atoms with Crippen molar-refractivity contribution in [2.75, 3.05) is 50.3 Å². The van der Waals surface area contributed by atoms with Crippen molar-refractivity contribution in [3.05, 3.63) is 47.2 Å². The van der Waals surface area contributed by atoms with E-state index in [0.717, 1.165) is 62.3 Å². The maximum absolute atomic E-state index is 12.8. The number of nitrogen functional groups attached to an aromatic ring is 1. The molecule has 0 radical (unpaired) electrons. The van der Waals surface area contributed by atoms with E-state index in [1.807, 2.05) is 17.2 Å². The van der Waals surface area contributed by atoms with Gasteiger partial charge >= 0.3 is 5.97 Å². The van der Waals surface area contributed by atoms with Gasteiger partial charge in [-0.3, -0.25) is 19.3 Å². The fourth-order valence-corrected chi connectivity index (χ4v) is 6.08. The zero-order chi connectivity index (χ0) is 34.5. The summed E-state index contributed by atoms with van der Waals surface area (Å²) < 4.78 is 2.19. The second kappa shape index (κ2) is 18.3. The molecule has 7 N–H and O–H groups in total. The number of nitrogens with two attached hydrogens (primary N) is 2. The van der Waals surface area contributed by atoms with Gasteiger partial charge in [0.25, 0.3) is 0 Å². The Morgan fingerprint density at radius 3 is 2.46 bits per heavy atom. The monoisotopic (exact) mass is 663 g/mol. The average Bonchev–Trinajstić information content (AvgIpc) is 3.46. The first-order valence-electron chi connectivity index (χ1n) is 17.3. The number of piperazine rings is 1. The molecule has 1 aliphatic heterocycles. The Balaban J connectivity index is 1.19. The predicted octanol–water partition coefficient (Wildman–Crippen LogP) is 3.49. The van der Waals surface area contributed by atoms with Gasteiger partial charge in [-0.15, -0.1) is 0 Å². The first kappa shape index (κ1) is 36.6. The van der Waals surface area contributed by atoms with Crippen LogP contribution in [0, 0.1) is 6.92 Å². The molecule has 2 amide bonds. The fourth-order valence-electron chi connectivity index (χ4n) is 6.08. The van der Waals surface area contributed by atoms with Gasteiger partial charge in [0.1, 0.15) is 11.6 Å². The summed E-state index contributed by atoms with van der Waals surface area (Å²) in [4.78, 5) is 48.9. The number of unbranched alkanes of at least 4 members (excludes halogenated alkanes) is 3. The van der Waals surface area contributed by atoms with Crippen LogP contribution in [0.1, 0.15) is 81.4 Å². The number of benzene rings is 1. The maximum Gasteiger partial charge on any atom is 0.320 e. The van der Waals surface area contributed by atoms with Crippen LogP contribution in [-0.4, -0.2) is 92.5 Å². The number of carboxylic acid groups (broad SMARTS) is 1. The van der Waals surface area contributed by atoms with Crippen LogP contribution in [0.4, 0.5) is 11.8 Å². The Hall–Kier alpha value is -4.23. The number of carbonyl (C=O) groups is 3. The number of anilines is 2. The summed E-state index contributed by atoms with van der Waals surface area (Å²) in [5.74, 6) is 0.0518. The molecule has 1 saturated heterocycles. The number of hydrogen-bond donors (Lipinski definition) is 5. The molecule has 0 spiro atoms. The molecule has 13 nitrogen and oxygen atoms in total. The molecule has 262 valence electrons. The maximum atomic E-state index is 12.8. The van der Waals surface area contributed by atoms with E-state index in [0.29, 0.717) is 64.7 Å². The lowest BCUT2D eigenvalue weighted by molar-refractivity contribution is -0.138. The Morgan fingerprint density at radius 1 is 0.958 bits per heavy atom. The van der Waals surface area contributed by atoms with Gasteiger partial charge in [0.2, 0.25) is 17.8 Å². The molecule has 0 bridgehead atoms. The first-order chi connectivity index (χ1) is 23.1. The van der Waals surface area contributed by atoms with Crippen LogP contribution < -0.4 is 22.1 Å². The number of hydrogen-bond acceptors (Lipinski definition) is 9. The van der Waals surface area contributed by atoms with Gasteiger partial charge in [0.15, 0.2) is 5.82 Å². The van der Waals surface area contributed by atoms with Gasteiger partial charge in [-0.2, -0.15) is 4.98 Å². The lowest BCUT2D eigenvalue weighted by atomic mass is 10.0. The average molecular weight is 664 g/mol. The summed E-state index contributed by atoms with van der Waals surface area (Å²) in [6.07, 6.45) is 8.32. The molecule has 3 heterocycles. The van der Waals surface area contributed by atoms with Crippen molar-refractivity contribution in [3.8, 4) is 0 Å². The lowest BCUT2D eigenvalue weighted by Crippen LogP contribution is -2.48. The molecule has 13 heteroatoms. The predicted molar refractivity (Wildman–Crippen MR) is 188 cm³/mol. The van der Waals surface area contributed by atoms with E-state index in [1.165, 1.54) is 16.7 Å². The van der Waals surface area contributed by atoms with E-state index in [2.05, 4.69) is 62.1 Å². The highest BCUT2D eigenvalue weighted by molar-refractivity contribution is 5.87. The quantitative estimate of drug-likeness (QED) is 0.119. The van der Waals surface area contributed by atoms with Crippen molar-refractivity contribution in [1.82, 2.24) is 29.7 Å². The van der Waals surface area contributed by atoms with Gasteiger partial charge in [-0.1, -0.05) is 38.0 Å². The van der Waals surface area contributed by atoms with E-state index in [9.17, 15) is 14.4 Å². The molecule has 0 saturated carbocycles. The third-order valence-electron chi connectivity index (χ3n) is 8.96. The molecule has 4 rings (SSSR count). The Labute approximate surface area is 283 Å². The smallest absolute Gasteiger partial charge is 0.320 e. The minimum absolute atomic E-state index is 0.0862. The van der Waals surface area contributed by atoms with Gasteiger partial charge < -0.3 is 36.7 Å². The minimum Gasteiger partial charge on any atom is -0.480 e. The van der Waals surface area contributed by atoms with E-state index < -0.39 is 12.0 Å². The second-order valence-electron chi connectivity index (χ2n) is 12.8. The molecule has 1 fully saturated rings. The Bertz CT molecular complexity index is 1520. The van der Waals surface area contributed by atoms with Crippen LogP contribution in [0.3, 0.4) is 0 Å². The van der Waals surface area contributed by atoms with E-state index in [-0.39, 0.29) is 17.8 Å². The van der Waals surface area contributed by atoms with E-state index >= 15 is 0 Å². The number of fused-ring (bicyclic) bond motifs is 1. The summed E-state index contributed by atoms with van der Waals surface area (Å²) in [6.45, 7) is 10.2. The van der Waals surface area contributed by atoms with Crippen molar-refractivity contribution < 1.29 is 19.5 Å². The van der Waals surface area contributed by atoms with E-state index in [1.54, 1.807) is 0 Å². The fraction of sp³-hybridized carbons (Fsp3) is 0.571. The number of aromatic nitrogens is 3. The van der Waals surface area contributed by atoms with Crippen LogP contribution in [0.25, 0.3) is 11.0 Å². The molecule has 0 unspecified atom stereocenters. The molecule has 2 aromatic heterocycles. The number of amides is 2.